The van der Waals surface area contributed by atoms with Crippen molar-refractivity contribution in [2.24, 2.45) is 0 Å². The van der Waals surface area contributed by atoms with Gasteiger partial charge in [0.1, 0.15) is 0 Å². The van der Waals surface area contributed by atoms with E-state index in [4.69, 9.17) is 0 Å². The molecule has 2 saturated heterocycles. The van der Waals surface area contributed by atoms with E-state index >= 15 is 0 Å². The van der Waals surface area contributed by atoms with Crippen LogP contribution in [0.2, 0.25) is 0 Å². The molecule has 1 aromatic carbocycles. The lowest BCUT2D eigenvalue weighted by molar-refractivity contribution is 0.312. The zero-order valence-corrected chi connectivity index (χ0v) is 12.6. The third kappa shape index (κ3) is 3.33. The maximum absolute atomic E-state index is 3.68. The Bertz CT molecular complexity index is 418. The van der Waals surface area contributed by atoms with Crippen molar-refractivity contribution in [2.75, 3.05) is 44.7 Å². The van der Waals surface area contributed by atoms with Crippen molar-refractivity contribution < 1.29 is 0 Å². The fraction of sp³-hybridized carbons (Fsp3) is 0.647. The predicted molar refractivity (Wildman–Crippen MR) is 85.5 cm³/mol. The Balaban J connectivity index is 1.70. The van der Waals surface area contributed by atoms with Crippen LogP contribution in [-0.4, -0.2) is 50.7 Å². The van der Waals surface area contributed by atoms with E-state index in [0.29, 0.717) is 6.04 Å². The van der Waals surface area contributed by atoms with Crippen LogP contribution in [-0.2, 0) is 6.42 Å². The van der Waals surface area contributed by atoms with Crippen LogP contribution >= 0.6 is 0 Å². The van der Waals surface area contributed by atoms with E-state index in [-0.39, 0.29) is 0 Å². The van der Waals surface area contributed by atoms with Crippen LogP contribution in [0.25, 0.3) is 0 Å². The summed E-state index contributed by atoms with van der Waals surface area (Å²) in [5.41, 5.74) is 2.99. The molecular formula is C17H27N3. The van der Waals surface area contributed by atoms with Gasteiger partial charge in [-0.1, -0.05) is 24.6 Å². The van der Waals surface area contributed by atoms with Crippen LogP contribution in [0.5, 0.6) is 0 Å². The third-order valence-corrected chi connectivity index (χ3v) is 4.71. The van der Waals surface area contributed by atoms with E-state index in [1.807, 2.05) is 0 Å². The highest BCUT2D eigenvalue weighted by molar-refractivity contribution is 5.54. The maximum atomic E-state index is 3.68. The number of rotatable bonds is 3. The lowest BCUT2D eigenvalue weighted by atomic mass is 9.96. The number of anilines is 1. The van der Waals surface area contributed by atoms with Crippen LogP contribution in [0, 0.1) is 0 Å². The average molecular weight is 273 g/mol. The molecule has 110 valence electrons. The Morgan fingerprint density at radius 2 is 1.90 bits per heavy atom. The minimum absolute atomic E-state index is 0.678. The zero-order chi connectivity index (χ0) is 13.8. The topological polar surface area (TPSA) is 18.5 Å². The lowest BCUT2D eigenvalue weighted by Crippen LogP contribution is -2.45. The second kappa shape index (κ2) is 6.59. The Labute approximate surface area is 123 Å². The first-order valence-corrected chi connectivity index (χ1v) is 8.08. The molecule has 0 spiro atoms. The molecule has 1 N–H and O–H groups in total. The van der Waals surface area contributed by atoms with Crippen LogP contribution in [0.15, 0.2) is 24.3 Å². The van der Waals surface area contributed by atoms with Crippen molar-refractivity contribution in [1.29, 1.82) is 0 Å². The number of para-hydroxylation sites is 1. The molecule has 1 atom stereocenters. The van der Waals surface area contributed by atoms with Crippen LogP contribution in [0.1, 0.15) is 24.8 Å². The summed E-state index contributed by atoms with van der Waals surface area (Å²) in [5, 5.41) is 3.68. The van der Waals surface area contributed by atoms with Gasteiger partial charge in [-0.25, -0.2) is 0 Å². The van der Waals surface area contributed by atoms with Crippen molar-refractivity contribution in [1.82, 2.24) is 10.2 Å². The Kier molecular flexibility index (Phi) is 4.58. The zero-order valence-electron chi connectivity index (χ0n) is 12.6. The first kappa shape index (κ1) is 13.9. The Morgan fingerprint density at radius 3 is 2.65 bits per heavy atom. The molecule has 20 heavy (non-hydrogen) atoms. The van der Waals surface area contributed by atoms with Gasteiger partial charge in [-0.3, -0.25) is 0 Å². The van der Waals surface area contributed by atoms with Gasteiger partial charge in [0.15, 0.2) is 0 Å². The fourth-order valence-corrected chi connectivity index (χ4v) is 3.40. The van der Waals surface area contributed by atoms with Gasteiger partial charge >= 0.3 is 0 Å². The molecule has 0 saturated carbocycles. The molecule has 3 rings (SSSR count). The van der Waals surface area contributed by atoms with Crippen LogP contribution in [0.4, 0.5) is 5.69 Å². The number of piperazine rings is 1. The van der Waals surface area contributed by atoms with Crippen LogP contribution < -0.4 is 10.2 Å². The molecule has 2 fully saturated rings. The second-order valence-electron chi connectivity index (χ2n) is 6.27. The number of hydrogen-bond acceptors (Lipinski definition) is 3. The minimum Gasteiger partial charge on any atom is -0.369 e. The molecule has 2 heterocycles. The van der Waals surface area contributed by atoms with E-state index in [2.05, 4.69) is 46.4 Å². The summed E-state index contributed by atoms with van der Waals surface area (Å²) in [6.07, 6.45) is 5.24. The van der Waals surface area contributed by atoms with Gasteiger partial charge in [-0.2, -0.15) is 0 Å². The van der Waals surface area contributed by atoms with Crippen molar-refractivity contribution in [3.63, 3.8) is 0 Å². The molecule has 0 aliphatic carbocycles. The van der Waals surface area contributed by atoms with Crippen molar-refractivity contribution in [3.05, 3.63) is 29.8 Å². The highest BCUT2D eigenvalue weighted by atomic mass is 15.2. The van der Waals surface area contributed by atoms with Gasteiger partial charge in [-0.05, 0) is 44.5 Å². The summed E-state index contributed by atoms with van der Waals surface area (Å²) in [6.45, 7) is 5.87. The summed E-state index contributed by atoms with van der Waals surface area (Å²) in [6, 6.07) is 9.69. The van der Waals surface area contributed by atoms with Gasteiger partial charge in [-0.15, -0.1) is 0 Å². The van der Waals surface area contributed by atoms with E-state index in [1.54, 1.807) is 0 Å². The lowest BCUT2D eigenvalue weighted by Gasteiger charge is -2.36. The largest absolute Gasteiger partial charge is 0.369 e. The molecule has 3 heteroatoms. The van der Waals surface area contributed by atoms with E-state index in [1.165, 1.54) is 56.6 Å². The number of piperidine rings is 1. The third-order valence-electron chi connectivity index (χ3n) is 4.71. The maximum Gasteiger partial charge on any atom is 0.0400 e. The number of hydrogen-bond donors (Lipinski definition) is 1. The predicted octanol–water partition coefficient (Wildman–Crippen LogP) is 2.12. The van der Waals surface area contributed by atoms with Gasteiger partial charge in [0, 0.05) is 37.9 Å². The second-order valence-corrected chi connectivity index (χ2v) is 6.27. The van der Waals surface area contributed by atoms with E-state index < -0.39 is 0 Å². The number of benzene rings is 1. The van der Waals surface area contributed by atoms with E-state index in [9.17, 15) is 0 Å². The number of nitrogens with one attached hydrogen (secondary N) is 1. The first-order chi connectivity index (χ1) is 9.83. The monoisotopic (exact) mass is 273 g/mol. The molecule has 1 aromatic rings. The SMILES string of the molecule is CN1CCN(c2ccccc2CC2CCCCN2)CC1. The minimum atomic E-state index is 0.678. The van der Waals surface area contributed by atoms with Crippen molar-refractivity contribution in [2.45, 2.75) is 31.7 Å². The summed E-state index contributed by atoms with van der Waals surface area (Å²) in [7, 11) is 2.22. The fourth-order valence-electron chi connectivity index (χ4n) is 3.40. The molecule has 2 aliphatic rings. The number of nitrogens with zero attached hydrogens (tertiary/aromatic N) is 2. The Hall–Kier alpha value is -1.06. The Morgan fingerprint density at radius 1 is 1.10 bits per heavy atom. The molecule has 0 bridgehead atoms. The first-order valence-electron chi connectivity index (χ1n) is 8.08. The average Bonchev–Trinajstić information content (AvgIpc) is 2.50. The number of likely N-dealkylation sites (N-methyl/N-ethyl adjacent to an activating group) is 1. The molecule has 0 radical (unpaired) electrons. The van der Waals surface area contributed by atoms with Gasteiger partial charge in [0.2, 0.25) is 0 Å². The molecular weight excluding hydrogens is 246 g/mol. The molecule has 0 amide bonds. The van der Waals surface area contributed by atoms with Gasteiger partial charge < -0.3 is 15.1 Å². The molecule has 1 unspecified atom stereocenters. The van der Waals surface area contributed by atoms with Gasteiger partial charge in [0.05, 0.1) is 0 Å². The highest BCUT2D eigenvalue weighted by Crippen LogP contribution is 2.24. The van der Waals surface area contributed by atoms with Gasteiger partial charge in [0.25, 0.3) is 0 Å². The summed E-state index contributed by atoms with van der Waals surface area (Å²) in [5.74, 6) is 0. The highest BCUT2D eigenvalue weighted by Gasteiger charge is 2.19. The molecule has 2 aliphatic heterocycles. The van der Waals surface area contributed by atoms with Crippen molar-refractivity contribution >= 4 is 5.69 Å². The van der Waals surface area contributed by atoms with Crippen LogP contribution in [0.3, 0.4) is 0 Å². The van der Waals surface area contributed by atoms with E-state index in [0.717, 1.165) is 13.1 Å². The molecule has 0 aromatic heterocycles. The quantitative estimate of drug-likeness (QED) is 0.910. The summed E-state index contributed by atoms with van der Waals surface area (Å²) in [4.78, 5) is 4.99. The normalized spacial score (nSPS) is 24.9. The standard InChI is InChI=1S/C17H27N3/c1-19-10-12-20(13-11-19)17-8-3-2-6-15(17)14-16-7-4-5-9-18-16/h2-3,6,8,16,18H,4-5,7,9-14H2,1H3. The van der Waals surface area contributed by atoms with Crippen molar-refractivity contribution in [3.8, 4) is 0 Å². The summed E-state index contributed by atoms with van der Waals surface area (Å²) >= 11 is 0. The smallest absolute Gasteiger partial charge is 0.0400 e. The molecule has 3 nitrogen and oxygen atoms in total. The summed E-state index contributed by atoms with van der Waals surface area (Å²) < 4.78 is 0.